The van der Waals surface area contributed by atoms with E-state index in [1.807, 2.05) is 68.4 Å². The Morgan fingerprint density at radius 1 is 1.00 bits per heavy atom. The van der Waals surface area contributed by atoms with Crippen molar-refractivity contribution in [3.05, 3.63) is 60.2 Å². The number of anilines is 1. The van der Waals surface area contributed by atoms with Crippen molar-refractivity contribution in [1.82, 2.24) is 5.32 Å². The highest BCUT2D eigenvalue weighted by molar-refractivity contribution is 5.95. The first kappa shape index (κ1) is 16.0. The molecule has 0 aromatic heterocycles. The molecule has 0 fully saturated rings. The standard InChI is InChI=1S/C18H22N2O2/c1-13(15-9-5-4-6-10-15)19-14(2)18(21)20-16-11-7-8-12-17(16)22-3/h4-14,19H,1-3H3,(H,20,21)/t13-,14+/m0/s1. The first-order valence-electron chi connectivity index (χ1n) is 7.36. The lowest BCUT2D eigenvalue weighted by atomic mass is 10.1. The fourth-order valence-corrected chi connectivity index (χ4v) is 2.28. The smallest absolute Gasteiger partial charge is 0.241 e. The van der Waals surface area contributed by atoms with Gasteiger partial charge in [-0.1, -0.05) is 42.5 Å². The van der Waals surface area contributed by atoms with Crippen LogP contribution in [0, 0.1) is 0 Å². The summed E-state index contributed by atoms with van der Waals surface area (Å²) < 4.78 is 5.24. The van der Waals surface area contributed by atoms with Crippen molar-refractivity contribution in [2.45, 2.75) is 25.9 Å². The minimum absolute atomic E-state index is 0.0905. The van der Waals surface area contributed by atoms with Gasteiger partial charge in [-0.05, 0) is 31.5 Å². The third kappa shape index (κ3) is 4.09. The van der Waals surface area contributed by atoms with Crippen molar-refractivity contribution < 1.29 is 9.53 Å². The van der Waals surface area contributed by atoms with Crippen LogP contribution in [0.3, 0.4) is 0 Å². The maximum Gasteiger partial charge on any atom is 0.241 e. The predicted molar refractivity (Wildman–Crippen MR) is 89.1 cm³/mol. The van der Waals surface area contributed by atoms with Gasteiger partial charge >= 0.3 is 0 Å². The van der Waals surface area contributed by atoms with Gasteiger partial charge in [0.15, 0.2) is 0 Å². The van der Waals surface area contributed by atoms with Crippen LogP contribution in [0.4, 0.5) is 5.69 Å². The fourth-order valence-electron chi connectivity index (χ4n) is 2.28. The molecule has 116 valence electrons. The molecule has 0 radical (unpaired) electrons. The predicted octanol–water partition coefficient (Wildman–Crippen LogP) is 3.37. The average molecular weight is 298 g/mol. The van der Waals surface area contributed by atoms with E-state index in [1.54, 1.807) is 7.11 Å². The van der Waals surface area contributed by atoms with Crippen LogP contribution < -0.4 is 15.4 Å². The van der Waals surface area contributed by atoms with Gasteiger partial charge in [-0.3, -0.25) is 10.1 Å². The van der Waals surface area contributed by atoms with E-state index in [1.165, 1.54) is 0 Å². The van der Waals surface area contributed by atoms with Gasteiger partial charge in [0.2, 0.25) is 5.91 Å². The average Bonchev–Trinajstić information content (AvgIpc) is 2.56. The maximum atomic E-state index is 12.3. The summed E-state index contributed by atoms with van der Waals surface area (Å²) in [4.78, 5) is 12.3. The van der Waals surface area contributed by atoms with Crippen molar-refractivity contribution in [2.24, 2.45) is 0 Å². The summed E-state index contributed by atoms with van der Waals surface area (Å²) in [5, 5.41) is 6.19. The van der Waals surface area contributed by atoms with Crippen molar-refractivity contribution >= 4 is 11.6 Å². The second kappa shape index (κ2) is 7.61. The van der Waals surface area contributed by atoms with Crippen LogP contribution in [0.1, 0.15) is 25.5 Å². The molecule has 2 aromatic carbocycles. The van der Waals surface area contributed by atoms with E-state index in [2.05, 4.69) is 10.6 Å². The van der Waals surface area contributed by atoms with Crippen LogP contribution in [-0.2, 0) is 4.79 Å². The van der Waals surface area contributed by atoms with Crippen molar-refractivity contribution in [3.8, 4) is 5.75 Å². The quantitative estimate of drug-likeness (QED) is 0.859. The molecule has 0 aliphatic carbocycles. The molecule has 0 bridgehead atoms. The second-order valence-corrected chi connectivity index (χ2v) is 5.21. The van der Waals surface area contributed by atoms with Gasteiger partial charge in [0.05, 0.1) is 18.8 Å². The number of carbonyl (C=O) groups is 1. The van der Waals surface area contributed by atoms with Gasteiger partial charge in [0.1, 0.15) is 5.75 Å². The molecule has 0 aliphatic rings. The second-order valence-electron chi connectivity index (χ2n) is 5.21. The zero-order valence-corrected chi connectivity index (χ0v) is 13.2. The number of hydrogen-bond donors (Lipinski definition) is 2. The van der Waals surface area contributed by atoms with Crippen LogP contribution in [-0.4, -0.2) is 19.1 Å². The van der Waals surface area contributed by atoms with Crippen LogP contribution in [0.2, 0.25) is 0 Å². The van der Waals surface area contributed by atoms with Gasteiger partial charge in [0, 0.05) is 6.04 Å². The van der Waals surface area contributed by atoms with Crippen LogP contribution in [0.5, 0.6) is 5.75 Å². The Morgan fingerprint density at radius 3 is 2.32 bits per heavy atom. The number of carbonyl (C=O) groups excluding carboxylic acids is 1. The third-order valence-electron chi connectivity index (χ3n) is 3.56. The highest BCUT2D eigenvalue weighted by Crippen LogP contribution is 2.23. The Kier molecular flexibility index (Phi) is 5.55. The largest absolute Gasteiger partial charge is 0.495 e. The van der Waals surface area contributed by atoms with Gasteiger partial charge in [-0.15, -0.1) is 0 Å². The van der Waals surface area contributed by atoms with E-state index in [0.29, 0.717) is 11.4 Å². The number of amides is 1. The van der Waals surface area contributed by atoms with Crippen molar-refractivity contribution in [1.29, 1.82) is 0 Å². The molecule has 0 heterocycles. The molecule has 4 nitrogen and oxygen atoms in total. The molecule has 2 aromatic rings. The lowest BCUT2D eigenvalue weighted by Crippen LogP contribution is -2.39. The number of rotatable bonds is 6. The zero-order chi connectivity index (χ0) is 15.9. The van der Waals surface area contributed by atoms with Crippen LogP contribution in [0.25, 0.3) is 0 Å². The number of ether oxygens (including phenoxy) is 1. The molecule has 0 spiro atoms. The van der Waals surface area contributed by atoms with E-state index in [4.69, 9.17) is 4.74 Å². The minimum Gasteiger partial charge on any atom is -0.495 e. The molecule has 4 heteroatoms. The third-order valence-corrected chi connectivity index (χ3v) is 3.56. The van der Waals surface area contributed by atoms with Gasteiger partial charge in [-0.2, -0.15) is 0 Å². The highest BCUT2D eigenvalue weighted by atomic mass is 16.5. The molecule has 0 saturated carbocycles. The fraction of sp³-hybridized carbons (Fsp3) is 0.278. The Morgan fingerprint density at radius 2 is 1.64 bits per heavy atom. The molecule has 2 rings (SSSR count). The first-order chi connectivity index (χ1) is 10.6. The van der Waals surface area contributed by atoms with Crippen molar-refractivity contribution in [2.75, 3.05) is 12.4 Å². The number of nitrogens with one attached hydrogen (secondary N) is 2. The summed E-state index contributed by atoms with van der Waals surface area (Å²) in [7, 11) is 1.59. The van der Waals surface area contributed by atoms with Gasteiger partial charge < -0.3 is 10.1 Å². The van der Waals surface area contributed by atoms with E-state index in [9.17, 15) is 4.79 Å². The topological polar surface area (TPSA) is 50.4 Å². The summed E-state index contributed by atoms with van der Waals surface area (Å²) in [5.41, 5.74) is 1.83. The summed E-state index contributed by atoms with van der Waals surface area (Å²) in [6, 6.07) is 17.2. The molecule has 2 N–H and O–H groups in total. The lowest BCUT2D eigenvalue weighted by molar-refractivity contribution is -0.117. The Hall–Kier alpha value is -2.33. The molecule has 0 saturated heterocycles. The first-order valence-corrected chi connectivity index (χ1v) is 7.36. The summed E-state index contributed by atoms with van der Waals surface area (Å²) >= 11 is 0. The number of methoxy groups -OCH3 is 1. The normalized spacial score (nSPS) is 13.2. The van der Waals surface area contributed by atoms with Crippen LogP contribution in [0.15, 0.2) is 54.6 Å². The summed E-state index contributed by atoms with van der Waals surface area (Å²) in [5.74, 6) is 0.562. The monoisotopic (exact) mass is 298 g/mol. The Bertz CT molecular complexity index is 613. The molecule has 22 heavy (non-hydrogen) atoms. The lowest BCUT2D eigenvalue weighted by Gasteiger charge is -2.20. The molecule has 2 atom stereocenters. The van der Waals surface area contributed by atoms with Gasteiger partial charge in [-0.25, -0.2) is 0 Å². The van der Waals surface area contributed by atoms with E-state index < -0.39 is 0 Å². The molecular formula is C18H22N2O2. The molecule has 0 aliphatic heterocycles. The zero-order valence-electron chi connectivity index (χ0n) is 13.2. The Balaban J connectivity index is 1.97. The maximum absolute atomic E-state index is 12.3. The summed E-state index contributed by atoms with van der Waals surface area (Å²) in [6.07, 6.45) is 0. The van der Waals surface area contributed by atoms with E-state index in [0.717, 1.165) is 5.56 Å². The van der Waals surface area contributed by atoms with Crippen molar-refractivity contribution in [3.63, 3.8) is 0 Å². The number of benzene rings is 2. The number of para-hydroxylation sites is 2. The number of hydrogen-bond acceptors (Lipinski definition) is 3. The molecule has 1 amide bonds. The molecule has 0 unspecified atom stereocenters. The van der Waals surface area contributed by atoms with Crippen LogP contribution >= 0.6 is 0 Å². The minimum atomic E-state index is -0.319. The Labute approximate surface area is 131 Å². The molecular weight excluding hydrogens is 276 g/mol. The SMILES string of the molecule is COc1ccccc1NC(=O)[C@@H](C)N[C@@H](C)c1ccccc1. The van der Waals surface area contributed by atoms with E-state index >= 15 is 0 Å². The van der Waals surface area contributed by atoms with E-state index in [-0.39, 0.29) is 18.0 Å². The highest BCUT2D eigenvalue weighted by Gasteiger charge is 2.17. The summed E-state index contributed by atoms with van der Waals surface area (Å²) in [6.45, 7) is 3.90. The van der Waals surface area contributed by atoms with Gasteiger partial charge in [0.25, 0.3) is 0 Å².